The molecular formula is C16H16Cl2N6O2. The Morgan fingerprint density at radius 2 is 1.77 bits per heavy atom. The van der Waals surface area contributed by atoms with E-state index in [1.165, 1.54) is 12.4 Å². The van der Waals surface area contributed by atoms with Gasteiger partial charge in [-0.1, -0.05) is 29.3 Å². The summed E-state index contributed by atoms with van der Waals surface area (Å²) >= 11 is 12.0. The van der Waals surface area contributed by atoms with Crippen LogP contribution in [0.3, 0.4) is 0 Å². The first-order valence-corrected chi connectivity index (χ1v) is 8.03. The molecule has 5 N–H and O–H groups in total. The van der Waals surface area contributed by atoms with Crippen molar-refractivity contribution < 1.29 is 12.4 Å². The zero-order valence-corrected chi connectivity index (χ0v) is 14.6. The number of rotatable bonds is 4. The van der Waals surface area contributed by atoms with E-state index in [0.717, 1.165) is 0 Å². The Morgan fingerprint density at radius 1 is 1.04 bits per heavy atom. The second kappa shape index (κ2) is 7.42. The van der Waals surface area contributed by atoms with Crippen LogP contribution in [0.2, 0.25) is 10.0 Å². The van der Waals surface area contributed by atoms with Gasteiger partial charge in [0.25, 0.3) is 11.8 Å². The number of nitrogens with one attached hydrogen (secondary N) is 3. The van der Waals surface area contributed by atoms with Gasteiger partial charge in [0.2, 0.25) is 0 Å². The van der Waals surface area contributed by atoms with Crippen LogP contribution in [-0.2, 0) is 0 Å². The van der Waals surface area contributed by atoms with E-state index < -0.39 is 11.8 Å². The summed E-state index contributed by atoms with van der Waals surface area (Å²) in [6.45, 7) is 0. The van der Waals surface area contributed by atoms with E-state index in [2.05, 4.69) is 25.8 Å². The number of nitrogens with zero attached hydrogens (tertiary/aromatic N) is 2. The molecule has 26 heavy (non-hydrogen) atoms. The number of aromatic amines is 1. The van der Waals surface area contributed by atoms with Crippen LogP contribution in [-0.4, -0.2) is 27.0 Å². The minimum Gasteiger partial charge on any atom is -0.384 e. The number of carbonyl (C=O) groups excluding carboxylic acids is 2. The molecule has 0 bridgehead atoms. The minimum absolute atomic E-state index is 0. The van der Waals surface area contributed by atoms with Crippen molar-refractivity contribution in [2.75, 3.05) is 16.4 Å². The number of anilines is 3. The lowest BCUT2D eigenvalue weighted by Gasteiger charge is -2.09. The normalized spacial score (nSPS) is 10.4. The number of nitrogen functional groups attached to an aromatic ring is 1. The average Bonchev–Trinajstić information content (AvgIpc) is 3.05. The van der Waals surface area contributed by atoms with Crippen molar-refractivity contribution in [1.82, 2.24) is 15.2 Å². The zero-order chi connectivity index (χ0) is 18.7. The Bertz CT molecular complexity index is 961. The predicted octanol–water partition coefficient (Wildman–Crippen LogP) is 3.69. The van der Waals surface area contributed by atoms with Crippen molar-refractivity contribution in [3.8, 4) is 0 Å². The third kappa shape index (κ3) is 3.76. The van der Waals surface area contributed by atoms with Crippen LogP contribution in [0.25, 0.3) is 0 Å². The maximum atomic E-state index is 12.4. The maximum absolute atomic E-state index is 12.4. The van der Waals surface area contributed by atoms with E-state index in [1.54, 1.807) is 30.3 Å². The molecule has 0 unspecified atom stereocenters. The fourth-order valence-electron chi connectivity index (χ4n) is 2.13. The standard InChI is InChI=1S/C16H12Cl2N6O2.2H2/c17-9-2-1-3-10(18)13(9)15(25)23-11-7-21-24-14(11)16(26)22-8-4-5-12(19)20-6-8;;/h1-7H,(H2,19,20)(H,21,24)(H,22,26)(H,23,25);2*1H. The molecule has 0 aliphatic heterocycles. The predicted molar refractivity (Wildman–Crippen MR) is 104 cm³/mol. The molecule has 136 valence electrons. The highest BCUT2D eigenvalue weighted by Gasteiger charge is 2.20. The number of amides is 2. The van der Waals surface area contributed by atoms with E-state index in [-0.39, 0.29) is 29.8 Å². The van der Waals surface area contributed by atoms with Gasteiger partial charge in [0.15, 0.2) is 0 Å². The molecule has 8 nitrogen and oxygen atoms in total. The number of pyridine rings is 1. The van der Waals surface area contributed by atoms with Crippen molar-refractivity contribution in [2.45, 2.75) is 0 Å². The second-order valence-corrected chi connectivity index (χ2v) is 5.95. The first kappa shape index (κ1) is 17.7. The van der Waals surface area contributed by atoms with Crippen LogP contribution in [0.5, 0.6) is 0 Å². The van der Waals surface area contributed by atoms with E-state index in [0.29, 0.717) is 11.5 Å². The van der Waals surface area contributed by atoms with Crippen LogP contribution in [0.15, 0.2) is 42.7 Å². The number of aromatic nitrogens is 3. The first-order valence-electron chi connectivity index (χ1n) is 7.27. The smallest absolute Gasteiger partial charge is 0.275 e. The molecule has 2 amide bonds. The summed E-state index contributed by atoms with van der Waals surface area (Å²) in [6.07, 6.45) is 2.71. The summed E-state index contributed by atoms with van der Waals surface area (Å²) in [4.78, 5) is 28.7. The van der Waals surface area contributed by atoms with Gasteiger partial charge in [0.1, 0.15) is 11.5 Å². The molecule has 0 aliphatic rings. The van der Waals surface area contributed by atoms with Crippen molar-refractivity contribution in [2.24, 2.45) is 0 Å². The van der Waals surface area contributed by atoms with Gasteiger partial charge in [0, 0.05) is 2.85 Å². The van der Waals surface area contributed by atoms with Gasteiger partial charge in [-0.05, 0) is 24.3 Å². The number of halogens is 2. The number of H-pyrrole nitrogens is 1. The van der Waals surface area contributed by atoms with Crippen LogP contribution in [0.4, 0.5) is 17.2 Å². The monoisotopic (exact) mass is 394 g/mol. The number of benzene rings is 1. The molecule has 10 heteroatoms. The lowest BCUT2D eigenvalue weighted by Crippen LogP contribution is -2.18. The molecule has 2 aromatic heterocycles. The zero-order valence-electron chi connectivity index (χ0n) is 13.1. The van der Waals surface area contributed by atoms with E-state index in [9.17, 15) is 9.59 Å². The fraction of sp³-hybridized carbons (Fsp3) is 0. The number of hydrogen-bond acceptors (Lipinski definition) is 5. The Labute approximate surface area is 160 Å². The number of hydrogen-bond donors (Lipinski definition) is 4. The van der Waals surface area contributed by atoms with Gasteiger partial charge in [-0.25, -0.2) is 4.98 Å². The average molecular weight is 395 g/mol. The summed E-state index contributed by atoms with van der Waals surface area (Å²) in [6, 6.07) is 7.85. The molecule has 0 spiro atoms. The Morgan fingerprint density at radius 3 is 2.42 bits per heavy atom. The third-order valence-electron chi connectivity index (χ3n) is 3.35. The van der Waals surface area contributed by atoms with Gasteiger partial charge in [-0.2, -0.15) is 5.10 Å². The van der Waals surface area contributed by atoms with E-state index >= 15 is 0 Å². The van der Waals surface area contributed by atoms with Gasteiger partial charge < -0.3 is 16.4 Å². The summed E-state index contributed by atoms with van der Waals surface area (Å²) in [5, 5.41) is 11.9. The van der Waals surface area contributed by atoms with Gasteiger partial charge in [0.05, 0.1) is 39.4 Å². The highest BCUT2D eigenvalue weighted by Crippen LogP contribution is 2.26. The Balaban J connectivity index is 0.00000196. The molecule has 0 aliphatic carbocycles. The molecule has 3 rings (SSSR count). The van der Waals surface area contributed by atoms with Crippen molar-refractivity contribution in [1.29, 1.82) is 0 Å². The van der Waals surface area contributed by atoms with Gasteiger partial charge >= 0.3 is 0 Å². The molecule has 3 aromatic rings. The van der Waals surface area contributed by atoms with Crippen molar-refractivity contribution in [3.05, 3.63) is 64.0 Å². The van der Waals surface area contributed by atoms with Gasteiger partial charge in [-0.15, -0.1) is 0 Å². The largest absolute Gasteiger partial charge is 0.384 e. The lowest BCUT2D eigenvalue weighted by molar-refractivity contribution is 0.102. The number of carbonyl (C=O) groups is 2. The SMILES string of the molecule is Nc1ccc(NC(=O)c2[nH]ncc2NC(=O)c2c(Cl)cccc2Cl)cn1.[HH].[HH]. The van der Waals surface area contributed by atoms with Crippen LogP contribution < -0.4 is 16.4 Å². The van der Waals surface area contributed by atoms with Crippen molar-refractivity contribution >= 4 is 52.2 Å². The summed E-state index contributed by atoms with van der Waals surface area (Å²) < 4.78 is 0. The van der Waals surface area contributed by atoms with Gasteiger partial charge in [-0.3, -0.25) is 14.7 Å². The second-order valence-electron chi connectivity index (χ2n) is 5.14. The van der Waals surface area contributed by atoms with Crippen LogP contribution in [0.1, 0.15) is 23.7 Å². The van der Waals surface area contributed by atoms with Crippen LogP contribution >= 0.6 is 23.2 Å². The summed E-state index contributed by atoms with van der Waals surface area (Å²) in [5.74, 6) is -0.756. The third-order valence-corrected chi connectivity index (χ3v) is 3.98. The highest BCUT2D eigenvalue weighted by molar-refractivity contribution is 6.40. The minimum atomic E-state index is -0.565. The molecule has 0 saturated heterocycles. The number of nitrogens with two attached hydrogens (primary N) is 1. The summed E-state index contributed by atoms with van der Waals surface area (Å²) in [7, 11) is 0. The lowest BCUT2D eigenvalue weighted by atomic mass is 10.2. The highest BCUT2D eigenvalue weighted by atomic mass is 35.5. The fourth-order valence-corrected chi connectivity index (χ4v) is 2.70. The molecular weight excluding hydrogens is 379 g/mol. The van der Waals surface area contributed by atoms with E-state index in [1.807, 2.05) is 0 Å². The Hall–Kier alpha value is -3.10. The molecule has 0 radical (unpaired) electrons. The van der Waals surface area contributed by atoms with Crippen LogP contribution in [0, 0.1) is 0 Å². The summed E-state index contributed by atoms with van der Waals surface area (Å²) in [5.41, 5.74) is 6.27. The van der Waals surface area contributed by atoms with E-state index in [4.69, 9.17) is 28.9 Å². The molecule has 2 heterocycles. The molecule has 1 aromatic carbocycles. The first-order chi connectivity index (χ1) is 12.5. The molecule has 0 atom stereocenters. The molecule has 0 fully saturated rings. The van der Waals surface area contributed by atoms with Crippen molar-refractivity contribution in [3.63, 3.8) is 0 Å². The quantitative estimate of drug-likeness (QED) is 0.536. The Kier molecular flexibility index (Phi) is 5.06. The topological polar surface area (TPSA) is 126 Å². The molecule has 0 saturated carbocycles. The maximum Gasteiger partial charge on any atom is 0.275 e.